The molecule has 6 aromatic rings. The maximum Gasteiger partial charge on any atom is 2.00 e. The van der Waals surface area contributed by atoms with Crippen LogP contribution in [0.1, 0.15) is 21.0 Å². The van der Waals surface area contributed by atoms with Crippen molar-refractivity contribution in [2.45, 2.75) is 19.6 Å². The first-order valence-electron chi connectivity index (χ1n) is 16.0. The van der Waals surface area contributed by atoms with Crippen LogP contribution in [0.5, 0.6) is 0 Å². The number of hydrogen-bond donors (Lipinski definition) is 4. The van der Waals surface area contributed by atoms with Gasteiger partial charge in [0.05, 0.1) is 42.3 Å². The van der Waals surface area contributed by atoms with Gasteiger partial charge in [0.15, 0.2) is 22.8 Å². The molecular weight excluding hydrogens is 1110 g/mol. The van der Waals surface area contributed by atoms with Crippen molar-refractivity contribution < 1.29 is 130 Å². The Morgan fingerprint density at radius 2 is 0.677 bits per heavy atom. The van der Waals surface area contributed by atoms with Gasteiger partial charge in [0, 0.05) is 19.5 Å². The van der Waals surface area contributed by atoms with Gasteiger partial charge in [-0.3, -0.25) is 19.8 Å². The molecule has 2 heterocycles. The average Bonchev–Trinajstić information content (AvgIpc) is 3.71. The zero-order valence-corrected chi connectivity index (χ0v) is 44.3. The van der Waals surface area contributed by atoms with Crippen molar-refractivity contribution in [3.05, 3.63) is 129 Å². The minimum atomic E-state index is -4.71. The van der Waals surface area contributed by atoms with E-state index >= 15 is 0 Å². The molecule has 0 saturated carbocycles. The molecule has 0 aliphatic rings. The fourth-order valence-electron chi connectivity index (χ4n) is 4.80. The van der Waals surface area contributed by atoms with Crippen molar-refractivity contribution in [1.82, 2.24) is 19.6 Å². The number of azo groups is 2. The van der Waals surface area contributed by atoms with Crippen molar-refractivity contribution in [3.63, 3.8) is 0 Å². The Morgan fingerprint density at radius 1 is 0.446 bits per heavy atom. The van der Waals surface area contributed by atoms with Gasteiger partial charge in [-0.2, -0.15) is 10.2 Å². The molecule has 0 radical (unpaired) electrons. The molecule has 33 heteroatoms. The number of nitrogens with one attached hydrogen (secondary N) is 2. The second-order valence-electron chi connectivity index (χ2n) is 11.8. The number of hydrogen-bond acceptors (Lipinski definition) is 20. The number of aromatic nitrogens is 4. The third-order valence-corrected chi connectivity index (χ3v) is 11.1. The number of carbonyl (C=O) groups is 2. The smallest absolute Gasteiger partial charge is 0.744 e. The van der Waals surface area contributed by atoms with Crippen LogP contribution in [0, 0.1) is 0 Å². The molecule has 0 atom stereocenters. The minimum absolute atomic E-state index is 0. The van der Waals surface area contributed by atoms with Crippen LogP contribution in [0.15, 0.2) is 147 Å². The van der Waals surface area contributed by atoms with E-state index in [1.807, 2.05) is 0 Å². The number of benzene rings is 4. The molecule has 0 saturated heterocycles. The van der Waals surface area contributed by atoms with Crippen LogP contribution in [0.25, 0.3) is 11.4 Å². The van der Waals surface area contributed by atoms with E-state index in [0.29, 0.717) is 0 Å². The quantitative estimate of drug-likeness (QED) is 0.0775. The average molecular weight is 1130 g/mol. The summed E-state index contributed by atoms with van der Waals surface area (Å²) in [5.74, 6) is -3.09. The van der Waals surface area contributed by atoms with E-state index in [2.05, 4.69) is 30.7 Å². The summed E-state index contributed by atoms with van der Waals surface area (Å²) in [6.45, 7) is 0. The first-order chi connectivity index (χ1) is 28.8. The second-order valence-corrected chi connectivity index (χ2v) is 17.3. The van der Waals surface area contributed by atoms with E-state index in [4.69, 9.17) is 0 Å². The number of carboxylic acid groups (broad SMARTS) is 2. The third kappa shape index (κ3) is 13.8. The zero-order valence-electron chi connectivity index (χ0n) is 32.1. The summed E-state index contributed by atoms with van der Waals surface area (Å²) >= 11 is 0. The molecule has 4 N–H and O–H groups in total. The molecule has 0 bridgehead atoms. The third-order valence-electron chi connectivity index (χ3n) is 7.71. The van der Waals surface area contributed by atoms with Crippen molar-refractivity contribution in [2.75, 3.05) is 0 Å². The van der Waals surface area contributed by atoms with Crippen LogP contribution < -0.4 is 11.1 Å². The summed E-state index contributed by atoms with van der Waals surface area (Å²) in [5, 5.41) is 37.7. The Morgan fingerprint density at radius 3 is 0.892 bits per heavy atom. The first-order valence-corrected chi connectivity index (χ1v) is 21.6. The van der Waals surface area contributed by atoms with Crippen LogP contribution >= 0.6 is 0 Å². The van der Waals surface area contributed by atoms with E-state index in [1.165, 1.54) is 0 Å². The summed E-state index contributed by atoms with van der Waals surface area (Å²) < 4.78 is 133. The van der Waals surface area contributed by atoms with Gasteiger partial charge in [-0.15, -0.1) is 10.2 Å². The van der Waals surface area contributed by atoms with Crippen LogP contribution in [0.3, 0.4) is 0 Å². The number of H-pyrrole nitrogens is 2. The Balaban J connectivity index is 0.000000427. The van der Waals surface area contributed by atoms with Crippen molar-refractivity contribution in [3.8, 4) is 11.4 Å². The Labute approximate surface area is 402 Å². The monoisotopic (exact) mass is 1120 g/mol. The summed E-state index contributed by atoms with van der Waals surface area (Å²) in [7, 11) is -18.8. The Kier molecular flexibility index (Phi) is 18.6. The molecular formula is C32H20N8O18S4Zn3. The van der Waals surface area contributed by atoms with Gasteiger partial charge in [0.2, 0.25) is 0 Å². The van der Waals surface area contributed by atoms with E-state index < -0.39 is 106 Å². The van der Waals surface area contributed by atoms with Crippen LogP contribution in [0.4, 0.5) is 22.7 Å². The maximum atomic E-state index is 12.6. The van der Waals surface area contributed by atoms with Crippen LogP contribution in [-0.2, 0) is 98.9 Å². The van der Waals surface area contributed by atoms with Crippen molar-refractivity contribution >= 4 is 75.2 Å². The molecule has 2 aromatic heterocycles. The molecule has 26 nitrogen and oxygen atoms in total. The number of rotatable bonds is 12. The number of carboxylic acids is 2. The van der Waals surface area contributed by atoms with Gasteiger partial charge in [-0.25, -0.2) is 52.6 Å². The van der Waals surface area contributed by atoms with E-state index in [-0.39, 0.29) is 81.2 Å². The van der Waals surface area contributed by atoms with Crippen molar-refractivity contribution in [2.24, 2.45) is 20.5 Å². The van der Waals surface area contributed by atoms with Gasteiger partial charge in [0.25, 0.3) is 11.1 Å². The predicted molar refractivity (Wildman–Crippen MR) is 200 cm³/mol. The molecule has 0 aliphatic heterocycles. The van der Waals surface area contributed by atoms with Gasteiger partial charge in [0.1, 0.15) is 40.5 Å². The molecule has 6 rings (SSSR count). The largest absolute Gasteiger partial charge is 2.00 e. The molecule has 65 heavy (non-hydrogen) atoms. The zero-order chi connectivity index (χ0) is 45.9. The summed E-state index contributed by atoms with van der Waals surface area (Å²) in [5.41, 5.74) is -4.27. The van der Waals surface area contributed by atoms with Crippen LogP contribution in [0.2, 0.25) is 0 Å². The molecule has 0 unspecified atom stereocenters. The molecule has 0 aliphatic carbocycles. The SMILES string of the molecule is O=C(O)c1[nH]n(-c2ccc(S(=O)(=O)[O-])cc2)c(=O)c1N=Nc1ccc(S(=O)(=O)[O-])cc1.O=C(O)c1[nH]n(-c2ccc(S(=O)(=O)[O-])cc2)c(=O)c1N=Nc1ccc(S(=O)(=O)[O-])cc1.[Zn+2].[Zn+2].[Zn]. The fourth-order valence-corrected chi connectivity index (χ4v) is 6.68. The second kappa shape index (κ2) is 21.7. The summed E-state index contributed by atoms with van der Waals surface area (Å²) in [6.07, 6.45) is 0. The van der Waals surface area contributed by atoms with E-state index in [0.717, 1.165) is 106 Å². The molecule has 326 valence electrons. The van der Waals surface area contributed by atoms with Gasteiger partial charge < -0.3 is 28.4 Å². The number of nitrogens with zero attached hydrogens (tertiary/aromatic N) is 6. The molecule has 0 spiro atoms. The fraction of sp³-hybridized carbons (Fsp3) is 0. The van der Waals surface area contributed by atoms with E-state index in [9.17, 15) is 81.3 Å². The standard InChI is InChI=1S/2C16H12N4O9S2.3Zn/c2*21-15-13(18-17-9-1-5-11(6-2-9)30(24,25)26)14(16(22)23)19-20(15)10-3-7-12(8-4-10)31(27,28)29;;;/h2*1-8,19H,(H,22,23)(H,24,25,26)(H,27,28,29);;;/q;;;2*+2/p-4. The Bertz CT molecular complexity index is 3150. The first kappa shape index (κ1) is 55.7. The number of aromatic carboxylic acids is 2. The van der Waals surface area contributed by atoms with Gasteiger partial charge in [-0.1, -0.05) is 0 Å². The molecule has 4 aromatic carbocycles. The minimum Gasteiger partial charge on any atom is -0.744 e. The molecule has 0 fully saturated rings. The predicted octanol–water partition coefficient (Wildman–Crippen LogP) is 2.17. The summed E-state index contributed by atoms with van der Waals surface area (Å²) in [4.78, 5) is 46.0. The van der Waals surface area contributed by atoms with Crippen molar-refractivity contribution in [1.29, 1.82) is 0 Å². The maximum absolute atomic E-state index is 12.6. The van der Waals surface area contributed by atoms with E-state index in [1.54, 1.807) is 0 Å². The molecule has 0 amide bonds. The topological polar surface area (TPSA) is 428 Å². The Hall–Kier alpha value is -5.45. The normalized spacial score (nSPS) is 11.8. The summed E-state index contributed by atoms with van der Waals surface area (Å²) in [6, 6.07) is 16.6. The van der Waals surface area contributed by atoms with Gasteiger partial charge >= 0.3 is 50.9 Å². The number of aromatic amines is 2. The van der Waals surface area contributed by atoms with Crippen LogP contribution in [-0.4, -0.2) is 93.6 Å². The van der Waals surface area contributed by atoms with Gasteiger partial charge in [-0.05, 0) is 97.1 Å².